The summed E-state index contributed by atoms with van der Waals surface area (Å²) in [6.07, 6.45) is 1.50. The Balaban J connectivity index is 1.46. The highest BCUT2D eigenvalue weighted by Crippen LogP contribution is 2.37. The summed E-state index contributed by atoms with van der Waals surface area (Å²) in [7, 11) is 0. The smallest absolute Gasteiger partial charge is 0.231 e. The first-order valence-electron chi connectivity index (χ1n) is 9.79. The lowest BCUT2D eigenvalue weighted by atomic mass is 9.81. The van der Waals surface area contributed by atoms with Crippen LogP contribution in [0.25, 0.3) is 0 Å². The maximum absolute atomic E-state index is 13.3. The monoisotopic (exact) mass is 389 g/mol. The van der Waals surface area contributed by atoms with E-state index >= 15 is 0 Å². The Labute approximate surface area is 164 Å². The van der Waals surface area contributed by atoms with Crippen LogP contribution < -0.4 is 14.2 Å². The number of ether oxygens (including phenoxy) is 3. The van der Waals surface area contributed by atoms with E-state index in [9.17, 15) is 8.78 Å². The summed E-state index contributed by atoms with van der Waals surface area (Å²) in [6.45, 7) is 2.99. The van der Waals surface area contributed by atoms with Gasteiger partial charge in [-0.25, -0.2) is 4.39 Å². The molecule has 0 saturated carbocycles. The second-order valence-electron chi connectivity index (χ2n) is 7.38. The lowest BCUT2D eigenvalue weighted by Crippen LogP contribution is -2.42. The number of piperidine rings is 1. The molecule has 4 rings (SSSR count). The normalized spacial score (nSPS) is 21.6. The molecule has 0 unspecified atom stereocenters. The highest BCUT2D eigenvalue weighted by Gasteiger charge is 2.31. The quantitative estimate of drug-likeness (QED) is 0.702. The van der Waals surface area contributed by atoms with Crippen LogP contribution in [-0.2, 0) is 0 Å². The standard InChI is InChI=1S/C22H25F2NO3/c23-9-1-10-25-11-8-20(16-2-4-18(24)5-3-16)17(13-25)14-26-19-6-7-21-22(12-19)28-15-27-21/h2-7,12,17,20H,1,8-11,13-15H2/t17-,20-/m0/s1. The number of nitrogens with zero attached hydrogens (tertiary/aromatic N) is 1. The molecule has 2 aromatic carbocycles. The molecule has 0 spiro atoms. The Morgan fingerprint density at radius 3 is 2.71 bits per heavy atom. The van der Waals surface area contributed by atoms with Crippen LogP contribution in [0, 0.1) is 11.7 Å². The number of halogens is 2. The van der Waals surface area contributed by atoms with Crippen LogP contribution in [0.1, 0.15) is 24.3 Å². The van der Waals surface area contributed by atoms with Crippen molar-refractivity contribution in [2.45, 2.75) is 18.8 Å². The van der Waals surface area contributed by atoms with Crippen molar-refractivity contribution in [1.29, 1.82) is 0 Å². The minimum absolute atomic E-state index is 0.225. The third kappa shape index (κ3) is 4.38. The minimum atomic E-state index is -0.295. The van der Waals surface area contributed by atoms with Crippen molar-refractivity contribution in [2.75, 3.05) is 39.7 Å². The molecule has 28 heavy (non-hydrogen) atoms. The summed E-state index contributed by atoms with van der Waals surface area (Å²) in [5.41, 5.74) is 1.13. The van der Waals surface area contributed by atoms with E-state index < -0.39 is 0 Å². The van der Waals surface area contributed by atoms with Crippen LogP contribution >= 0.6 is 0 Å². The van der Waals surface area contributed by atoms with Crippen LogP contribution in [-0.4, -0.2) is 44.6 Å². The number of alkyl halides is 1. The summed E-state index contributed by atoms with van der Waals surface area (Å²) >= 11 is 0. The van der Waals surface area contributed by atoms with Crippen LogP contribution in [0.2, 0.25) is 0 Å². The molecule has 0 radical (unpaired) electrons. The van der Waals surface area contributed by atoms with E-state index in [1.165, 1.54) is 12.1 Å². The summed E-state index contributed by atoms with van der Waals surface area (Å²) in [4.78, 5) is 2.30. The van der Waals surface area contributed by atoms with E-state index in [1.807, 2.05) is 30.3 Å². The van der Waals surface area contributed by atoms with Gasteiger partial charge in [0.1, 0.15) is 11.6 Å². The molecule has 0 N–H and O–H groups in total. The molecule has 0 amide bonds. The fourth-order valence-electron chi connectivity index (χ4n) is 4.08. The highest BCUT2D eigenvalue weighted by atomic mass is 19.1. The third-order valence-electron chi connectivity index (χ3n) is 5.53. The molecule has 1 fully saturated rings. The Morgan fingerprint density at radius 1 is 1.07 bits per heavy atom. The van der Waals surface area contributed by atoms with Gasteiger partial charge in [0, 0.05) is 25.1 Å². The van der Waals surface area contributed by atoms with Crippen LogP contribution in [0.4, 0.5) is 8.78 Å². The Kier molecular flexibility index (Phi) is 5.95. The average molecular weight is 389 g/mol. The van der Waals surface area contributed by atoms with Crippen LogP contribution in [0.3, 0.4) is 0 Å². The molecular weight excluding hydrogens is 364 g/mol. The predicted octanol–water partition coefficient (Wildman–Crippen LogP) is 4.40. The van der Waals surface area contributed by atoms with Crippen molar-refractivity contribution in [3.8, 4) is 17.2 Å². The number of benzene rings is 2. The summed E-state index contributed by atoms with van der Waals surface area (Å²) < 4.78 is 42.8. The zero-order valence-electron chi connectivity index (χ0n) is 15.8. The number of rotatable bonds is 7. The SMILES string of the molecule is FCCCN1CC[C@@H](c2ccc(F)cc2)[C@H](COc2ccc3c(c2)OCO3)C1. The maximum atomic E-state index is 13.3. The van der Waals surface area contributed by atoms with Crippen molar-refractivity contribution in [1.82, 2.24) is 4.90 Å². The van der Waals surface area contributed by atoms with Gasteiger partial charge in [0.05, 0.1) is 13.3 Å². The summed E-state index contributed by atoms with van der Waals surface area (Å²) in [5.74, 6) is 2.47. The van der Waals surface area contributed by atoms with Gasteiger partial charge in [0.2, 0.25) is 6.79 Å². The van der Waals surface area contributed by atoms with Gasteiger partial charge in [0.15, 0.2) is 11.5 Å². The molecule has 0 aromatic heterocycles. The van der Waals surface area contributed by atoms with Gasteiger partial charge < -0.3 is 19.1 Å². The lowest BCUT2D eigenvalue weighted by Gasteiger charge is -2.38. The maximum Gasteiger partial charge on any atom is 0.231 e. The van der Waals surface area contributed by atoms with Gasteiger partial charge >= 0.3 is 0 Å². The van der Waals surface area contributed by atoms with Crippen LogP contribution in [0.5, 0.6) is 17.2 Å². The molecular formula is C22H25F2NO3. The van der Waals surface area contributed by atoms with Crippen molar-refractivity contribution in [3.63, 3.8) is 0 Å². The van der Waals surface area contributed by atoms with Crippen molar-refractivity contribution in [3.05, 3.63) is 53.8 Å². The molecule has 2 aliphatic heterocycles. The first-order chi connectivity index (χ1) is 13.7. The van der Waals surface area contributed by atoms with Crippen molar-refractivity contribution < 1.29 is 23.0 Å². The number of hydrogen-bond donors (Lipinski definition) is 0. The average Bonchev–Trinajstić information content (AvgIpc) is 3.19. The number of fused-ring (bicyclic) bond motifs is 1. The van der Waals surface area contributed by atoms with E-state index in [0.29, 0.717) is 18.8 Å². The molecule has 2 atom stereocenters. The Hall–Kier alpha value is -2.34. The second-order valence-corrected chi connectivity index (χ2v) is 7.38. The molecule has 0 aliphatic carbocycles. The van der Waals surface area contributed by atoms with Crippen molar-refractivity contribution >= 4 is 0 Å². The van der Waals surface area contributed by atoms with E-state index in [0.717, 1.165) is 43.1 Å². The summed E-state index contributed by atoms with van der Waals surface area (Å²) in [6, 6.07) is 12.3. The topological polar surface area (TPSA) is 30.9 Å². The van der Waals surface area contributed by atoms with E-state index in [1.54, 1.807) is 0 Å². The Bertz CT molecular complexity index is 784. The minimum Gasteiger partial charge on any atom is -0.493 e. The van der Waals surface area contributed by atoms with Gasteiger partial charge in [-0.05, 0) is 55.1 Å². The van der Waals surface area contributed by atoms with E-state index in [2.05, 4.69) is 4.90 Å². The van der Waals surface area contributed by atoms with Crippen molar-refractivity contribution in [2.24, 2.45) is 5.92 Å². The van der Waals surface area contributed by atoms with Gasteiger partial charge in [-0.3, -0.25) is 4.39 Å². The second kappa shape index (κ2) is 8.78. The molecule has 2 aliphatic rings. The Morgan fingerprint density at radius 2 is 1.89 bits per heavy atom. The molecule has 150 valence electrons. The van der Waals surface area contributed by atoms with Gasteiger partial charge in [0.25, 0.3) is 0 Å². The number of hydrogen-bond acceptors (Lipinski definition) is 4. The first-order valence-corrected chi connectivity index (χ1v) is 9.79. The largest absolute Gasteiger partial charge is 0.493 e. The predicted molar refractivity (Wildman–Crippen MR) is 102 cm³/mol. The molecule has 2 aromatic rings. The van der Waals surface area contributed by atoms with E-state index in [4.69, 9.17) is 14.2 Å². The molecule has 4 nitrogen and oxygen atoms in total. The first kappa shape index (κ1) is 19.0. The van der Waals surface area contributed by atoms with Crippen LogP contribution in [0.15, 0.2) is 42.5 Å². The third-order valence-corrected chi connectivity index (χ3v) is 5.53. The fourth-order valence-corrected chi connectivity index (χ4v) is 4.08. The van der Waals surface area contributed by atoms with E-state index in [-0.39, 0.29) is 31.1 Å². The summed E-state index contributed by atoms with van der Waals surface area (Å²) in [5, 5.41) is 0. The molecule has 2 heterocycles. The molecule has 6 heteroatoms. The fraction of sp³-hybridized carbons (Fsp3) is 0.455. The zero-order chi connectivity index (χ0) is 19.3. The molecule has 0 bridgehead atoms. The molecule has 1 saturated heterocycles. The zero-order valence-corrected chi connectivity index (χ0v) is 15.8. The lowest BCUT2D eigenvalue weighted by molar-refractivity contribution is 0.108. The van der Waals surface area contributed by atoms with Gasteiger partial charge in [-0.2, -0.15) is 0 Å². The highest BCUT2D eigenvalue weighted by molar-refractivity contribution is 5.46. The van der Waals surface area contributed by atoms with Gasteiger partial charge in [-0.15, -0.1) is 0 Å². The van der Waals surface area contributed by atoms with Gasteiger partial charge in [-0.1, -0.05) is 12.1 Å². The number of likely N-dealkylation sites (tertiary alicyclic amines) is 1.